The minimum absolute atomic E-state index is 0.575. The Labute approximate surface area is 93.8 Å². The lowest BCUT2D eigenvalue weighted by molar-refractivity contribution is 0.102. The smallest absolute Gasteiger partial charge is 0.0576 e. The summed E-state index contributed by atoms with van der Waals surface area (Å²) in [6.07, 6.45) is 10.0. The summed E-state index contributed by atoms with van der Waals surface area (Å²) >= 11 is 0. The van der Waals surface area contributed by atoms with Crippen molar-refractivity contribution in [1.82, 2.24) is 5.32 Å². The summed E-state index contributed by atoms with van der Waals surface area (Å²) in [7, 11) is 0. The van der Waals surface area contributed by atoms with Crippen LogP contribution in [0.15, 0.2) is 0 Å². The van der Waals surface area contributed by atoms with Gasteiger partial charge in [-0.15, -0.1) is 0 Å². The second kappa shape index (κ2) is 5.86. The minimum Gasteiger partial charge on any atom is -0.378 e. The highest BCUT2D eigenvalue weighted by Crippen LogP contribution is 2.33. The van der Waals surface area contributed by atoms with Gasteiger partial charge in [-0.3, -0.25) is 0 Å². The van der Waals surface area contributed by atoms with Gasteiger partial charge < -0.3 is 10.1 Å². The van der Waals surface area contributed by atoms with Gasteiger partial charge in [-0.25, -0.2) is 0 Å². The van der Waals surface area contributed by atoms with Gasteiger partial charge in [-0.2, -0.15) is 0 Å². The molecule has 0 aromatic heterocycles. The van der Waals surface area contributed by atoms with Gasteiger partial charge in [0.15, 0.2) is 0 Å². The molecule has 0 bridgehead atoms. The molecule has 88 valence electrons. The summed E-state index contributed by atoms with van der Waals surface area (Å²) in [4.78, 5) is 0. The van der Waals surface area contributed by atoms with Crippen LogP contribution in [0.4, 0.5) is 0 Å². The van der Waals surface area contributed by atoms with E-state index in [-0.39, 0.29) is 0 Å². The minimum atomic E-state index is 0.575. The van der Waals surface area contributed by atoms with Crippen LogP contribution in [0.2, 0.25) is 0 Å². The molecule has 0 aromatic rings. The van der Waals surface area contributed by atoms with Crippen molar-refractivity contribution >= 4 is 0 Å². The fourth-order valence-electron chi connectivity index (χ4n) is 2.49. The number of ether oxygens (including phenoxy) is 1. The summed E-state index contributed by atoms with van der Waals surface area (Å²) in [5.74, 6) is 1.05. The molecule has 2 unspecified atom stereocenters. The Morgan fingerprint density at radius 3 is 2.87 bits per heavy atom. The normalized spacial score (nSPS) is 28.2. The molecular formula is C13H25NO. The van der Waals surface area contributed by atoms with E-state index in [0.717, 1.165) is 18.6 Å². The topological polar surface area (TPSA) is 21.3 Å². The maximum absolute atomic E-state index is 5.61. The van der Waals surface area contributed by atoms with Crippen LogP contribution in [0, 0.1) is 5.92 Å². The van der Waals surface area contributed by atoms with Crippen LogP contribution in [-0.2, 0) is 4.74 Å². The van der Waals surface area contributed by atoms with E-state index in [4.69, 9.17) is 4.74 Å². The second-order valence-electron chi connectivity index (χ2n) is 5.31. The Kier molecular flexibility index (Phi) is 4.45. The summed E-state index contributed by atoms with van der Waals surface area (Å²) in [6.45, 7) is 4.49. The molecule has 1 aliphatic carbocycles. The van der Waals surface area contributed by atoms with E-state index in [1.807, 2.05) is 0 Å². The van der Waals surface area contributed by atoms with Crippen molar-refractivity contribution in [3.63, 3.8) is 0 Å². The zero-order valence-corrected chi connectivity index (χ0v) is 10.0. The van der Waals surface area contributed by atoms with Crippen LogP contribution >= 0.6 is 0 Å². The molecule has 0 amide bonds. The number of nitrogens with one attached hydrogen (secondary N) is 1. The fourth-order valence-corrected chi connectivity index (χ4v) is 2.49. The molecule has 15 heavy (non-hydrogen) atoms. The molecule has 1 heterocycles. The lowest BCUT2D eigenvalue weighted by Gasteiger charge is -2.14. The van der Waals surface area contributed by atoms with Gasteiger partial charge in [-0.1, -0.05) is 12.8 Å². The molecule has 0 spiro atoms. The molecule has 2 fully saturated rings. The molecule has 0 aromatic carbocycles. The number of hydrogen-bond donors (Lipinski definition) is 1. The maximum atomic E-state index is 5.61. The first kappa shape index (κ1) is 11.4. The second-order valence-corrected chi connectivity index (χ2v) is 5.31. The average molecular weight is 211 g/mol. The molecule has 2 heteroatoms. The van der Waals surface area contributed by atoms with Crippen molar-refractivity contribution in [2.45, 2.75) is 64.0 Å². The Morgan fingerprint density at radius 1 is 1.33 bits per heavy atom. The van der Waals surface area contributed by atoms with E-state index in [2.05, 4.69) is 12.2 Å². The van der Waals surface area contributed by atoms with Crippen LogP contribution in [0.5, 0.6) is 0 Å². The highest BCUT2D eigenvalue weighted by atomic mass is 16.5. The predicted molar refractivity (Wildman–Crippen MR) is 63.0 cm³/mol. The van der Waals surface area contributed by atoms with E-state index in [1.165, 1.54) is 51.5 Å². The molecule has 1 aliphatic heterocycles. The molecule has 0 radical (unpaired) electrons. The van der Waals surface area contributed by atoms with Crippen molar-refractivity contribution in [2.24, 2.45) is 5.92 Å². The van der Waals surface area contributed by atoms with Crippen molar-refractivity contribution in [3.05, 3.63) is 0 Å². The van der Waals surface area contributed by atoms with E-state index >= 15 is 0 Å². The van der Waals surface area contributed by atoms with Crippen LogP contribution in [-0.4, -0.2) is 25.3 Å². The highest BCUT2D eigenvalue weighted by Gasteiger charge is 2.23. The maximum Gasteiger partial charge on any atom is 0.0576 e. The third kappa shape index (κ3) is 4.52. The number of rotatable bonds is 7. The Bertz CT molecular complexity index is 173. The lowest BCUT2D eigenvalue weighted by atomic mass is 10.1. The van der Waals surface area contributed by atoms with Crippen molar-refractivity contribution < 1.29 is 4.74 Å². The predicted octanol–water partition coefficient (Wildman–Crippen LogP) is 2.72. The third-order valence-corrected chi connectivity index (χ3v) is 3.60. The van der Waals surface area contributed by atoms with E-state index in [0.29, 0.717) is 6.10 Å². The lowest BCUT2D eigenvalue weighted by Crippen LogP contribution is -2.28. The summed E-state index contributed by atoms with van der Waals surface area (Å²) in [6, 6.07) is 0.724. The third-order valence-electron chi connectivity index (χ3n) is 3.60. The van der Waals surface area contributed by atoms with Crippen LogP contribution < -0.4 is 5.32 Å². The van der Waals surface area contributed by atoms with Gasteiger partial charge in [0.1, 0.15) is 0 Å². The summed E-state index contributed by atoms with van der Waals surface area (Å²) in [5, 5.41) is 3.62. The summed E-state index contributed by atoms with van der Waals surface area (Å²) in [5.41, 5.74) is 0. The monoisotopic (exact) mass is 211 g/mol. The SMILES string of the molecule is CC(CC1CC1)NCCCC1CCCO1. The first-order chi connectivity index (χ1) is 7.34. The molecular weight excluding hydrogens is 186 g/mol. The van der Waals surface area contributed by atoms with Crippen molar-refractivity contribution in [3.8, 4) is 0 Å². The molecule has 2 atom stereocenters. The molecule has 1 saturated heterocycles. The first-order valence-corrected chi connectivity index (χ1v) is 6.69. The molecule has 1 saturated carbocycles. The quantitative estimate of drug-likeness (QED) is 0.654. The van der Waals surface area contributed by atoms with Gasteiger partial charge in [0.05, 0.1) is 6.10 Å². The van der Waals surface area contributed by atoms with Crippen LogP contribution in [0.3, 0.4) is 0 Å². The Morgan fingerprint density at radius 2 is 2.20 bits per heavy atom. The largest absolute Gasteiger partial charge is 0.378 e. The standard InChI is InChI=1S/C13H25NO/c1-11(10-12-6-7-12)14-8-2-4-13-5-3-9-15-13/h11-14H,2-10H2,1H3. The van der Waals surface area contributed by atoms with Gasteiger partial charge in [0.2, 0.25) is 0 Å². The van der Waals surface area contributed by atoms with E-state index < -0.39 is 0 Å². The van der Waals surface area contributed by atoms with Gasteiger partial charge >= 0.3 is 0 Å². The zero-order valence-electron chi connectivity index (χ0n) is 10.0. The van der Waals surface area contributed by atoms with E-state index in [1.54, 1.807) is 0 Å². The zero-order chi connectivity index (χ0) is 10.5. The first-order valence-electron chi connectivity index (χ1n) is 6.69. The van der Waals surface area contributed by atoms with Gasteiger partial charge in [0, 0.05) is 12.6 Å². The van der Waals surface area contributed by atoms with Crippen molar-refractivity contribution in [1.29, 1.82) is 0 Å². The highest BCUT2D eigenvalue weighted by molar-refractivity contribution is 4.78. The fraction of sp³-hybridized carbons (Fsp3) is 1.00. The average Bonchev–Trinajstić information content (AvgIpc) is 2.87. The molecule has 1 N–H and O–H groups in total. The van der Waals surface area contributed by atoms with Crippen LogP contribution in [0.1, 0.15) is 51.9 Å². The molecule has 2 rings (SSSR count). The molecule has 2 nitrogen and oxygen atoms in total. The number of hydrogen-bond acceptors (Lipinski definition) is 2. The van der Waals surface area contributed by atoms with E-state index in [9.17, 15) is 0 Å². The summed E-state index contributed by atoms with van der Waals surface area (Å²) < 4.78 is 5.61. The van der Waals surface area contributed by atoms with Gasteiger partial charge in [-0.05, 0) is 51.5 Å². The Balaban J connectivity index is 1.43. The van der Waals surface area contributed by atoms with Crippen LogP contribution in [0.25, 0.3) is 0 Å². The van der Waals surface area contributed by atoms with Crippen molar-refractivity contribution in [2.75, 3.05) is 13.2 Å². The van der Waals surface area contributed by atoms with Gasteiger partial charge in [0.25, 0.3) is 0 Å². The Hall–Kier alpha value is -0.0800. The molecule has 2 aliphatic rings.